The molecule has 58 valence electrons. The van der Waals surface area contributed by atoms with Crippen LogP contribution in [0, 0.1) is 0 Å². The molecule has 10 heavy (non-hydrogen) atoms. The van der Waals surface area contributed by atoms with E-state index in [1.165, 1.54) is 0 Å². The average molecular weight is 211 g/mol. The van der Waals surface area contributed by atoms with E-state index in [2.05, 4.69) is 29.4 Å². The van der Waals surface area contributed by atoms with Crippen LogP contribution in [0.1, 0.15) is 7.85 Å². The molecule has 0 bridgehead atoms. The normalized spacial score (nSPS) is 15.5. The van der Waals surface area contributed by atoms with Crippen LogP contribution in [0.3, 0.4) is 0 Å². The zero-order valence-corrected chi connectivity index (χ0v) is 10.1. The maximum absolute atomic E-state index is 9.79. The predicted molar refractivity (Wildman–Crippen MR) is 42.4 cm³/mol. The molecule has 0 saturated heterocycles. The van der Waals surface area contributed by atoms with Crippen LogP contribution in [-0.2, 0) is 15.5 Å². The predicted octanol–water partition coefficient (Wildman–Crippen LogP) is -2.51. The van der Waals surface area contributed by atoms with E-state index in [4.69, 9.17) is 0 Å². The molecule has 0 radical (unpaired) electrons. The van der Waals surface area contributed by atoms with E-state index in [9.17, 15) is 8.76 Å². The fourth-order valence-electron chi connectivity index (χ4n) is 0.249. The van der Waals surface area contributed by atoms with Crippen molar-refractivity contribution in [1.29, 1.82) is 0 Å². The van der Waals surface area contributed by atoms with Gasteiger partial charge in [-0.1, -0.05) is 0 Å². The van der Waals surface area contributed by atoms with Crippen LogP contribution in [-0.4, -0.2) is 20.0 Å². The molecule has 0 N–H and O–H groups in total. The van der Waals surface area contributed by atoms with Gasteiger partial charge < -0.3 is 5.98 Å². The third-order valence-corrected chi connectivity index (χ3v) is 1.72. The van der Waals surface area contributed by atoms with Crippen LogP contribution in [0.5, 0.6) is 0 Å². The van der Waals surface area contributed by atoms with Gasteiger partial charge in [0.2, 0.25) is 0 Å². The molecule has 7 heteroatoms. The second-order valence-corrected chi connectivity index (χ2v) is 2.89. The molecule has 0 fully saturated rings. The Morgan fingerprint density at radius 3 is 2.60 bits per heavy atom. The summed E-state index contributed by atoms with van der Waals surface area (Å²) < 4.78 is 23.8. The molecule has 0 rings (SSSR count). The minimum atomic E-state index is -2.46. The Morgan fingerprint density at radius 1 is 1.80 bits per heavy atom. The Kier molecular flexibility index (Phi) is 12.7. The molecule has 0 aromatic carbocycles. The Hall–Kier alpha value is 1.77. The first-order valence-corrected chi connectivity index (χ1v) is 4.37. The SMILES string of the molecule is O=S([O-])OC(S)CCS.[H-].[Na+]. The van der Waals surface area contributed by atoms with E-state index in [1.807, 2.05) is 0 Å². The summed E-state index contributed by atoms with van der Waals surface area (Å²) in [6, 6.07) is 0. The van der Waals surface area contributed by atoms with E-state index in [-0.39, 0.29) is 31.0 Å². The van der Waals surface area contributed by atoms with Crippen LogP contribution in [0.15, 0.2) is 0 Å². The van der Waals surface area contributed by atoms with Gasteiger partial charge in [-0.25, -0.2) is 4.21 Å². The van der Waals surface area contributed by atoms with E-state index in [1.54, 1.807) is 0 Å². The van der Waals surface area contributed by atoms with E-state index in [0.717, 1.165) is 0 Å². The molecule has 2 unspecified atom stereocenters. The van der Waals surface area contributed by atoms with Gasteiger partial charge in [0, 0.05) is 0 Å². The van der Waals surface area contributed by atoms with Gasteiger partial charge in [0.05, 0.1) is 11.4 Å². The summed E-state index contributed by atoms with van der Waals surface area (Å²) in [4.78, 5) is 0. The van der Waals surface area contributed by atoms with Crippen molar-refractivity contribution in [3.05, 3.63) is 0 Å². The van der Waals surface area contributed by atoms with Gasteiger partial charge in [-0.3, -0.25) is 4.18 Å². The number of hydrogen-bond donors (Lipinski definition) is 2. The second-order valence-electron chi connectivity index (χ2n) is 1.27. The van der Waals surface area contributed by atoms with Crippen molar-refractivity contribution in [2.75, 3.05) is 5.75 Å². The molecule has 0 aromatic heterocycles. The Bertz CT molecular complexity index is 106. The zero-order chi connectivity index (χ0) is 7.28. The molecule has 0 aliphatic carbocycles. The summed E-state index contributed by atoms with van der Waals surface area (Å²) >= 11 is 5.18. The second kappa shape index (κ2) is 8.86. The largest absolute Gasteiger partial charge is 1.00 e. The smallest absolute Gasteiger partial charge is 1.00 e. The fraction of sp³-hybridized carbons (Fsp3) is 1.00. The van der Waals surface area contributed by atoms with E-state index >= 15 is 0 Å². The van der Waals surface area contributed by atoms with Gasteiger partial charge in [-0.2, -0.15) is 12.6 Å². The van der Waals surface area contributed by atoms with Crippen molar-refractivity contribution in [1.82, 2.24) is 0 Å². The van der Waals surface area contributed by atoms with Crippen molar-refractivity contribution < 1.29 is 43.9 Å². The fourth-order valence-corrected chi connectivity index (χ4v) is 1.30. The monoisotopic (exact) mass is 211 g/mol. The van der Waals surface area contributed by atoms with Gasteiger partial charge in [-0.15, -0.1) is 12.6 Å². The molecule has 2 atom stereocenters. The number of rotatable bonds is 4. The first kappa shape index (κ1) is 14.3. The van der Waals surface area contributed by atoms with Gasteiger partial charge in [0.1, 0.15) is 5.44 Å². The summed E-state index contributed by atoms with van der Waals surface area (Å²) in [5, 5.41) is 0. The van der Waals surface area contributed by atoms with Gasteiger partial charge in [0.15, 0.2) is 0 Å². The number of thiol groups is 2. The molecule has 0 saturated carbocycles. The topological polar surface area (TPSA) is 49.4 Å². The third-order valence-electron chi connectivity index (χ3n) is 0.566. The van der Waals surface area contributed by atoms with Gasteiger partial charge in [-0.05, 0) is 12.2 Å². The van der Waals surface area contributed by atoms with Crippen molar-refractivity contribution in [3.8, 4) is 0 Å². The zero-order valence-electron chi connectivity index (χ0n) is 6.52. The maximum Gasteiger partial charge on any atom is 1.00 e. The molecule has 0 aliphatic rings. The van der Waals surface area contributed by atoms with Gasteiger partial charge >= 0.3 is 29.6 Å². The van der Waals surface area contributed by atoms with E-state index in [0.29, 0.717) is 12.2 Å². The van der Waals surface area contributed by atoms with Crippen molar-refractivity contribution >= 4 is 36.6 Å². The number of hydrogen-bond acceptors (Lipinski definition) is 5. The summed E-state index contributed by atoms with van der Waals surface area (Å²) in [6.07, 6.45) is 0.514. The van der Waals surface area contributed by atoms with Crippen LogP contribution in [0.4, 0.5) is 0 Å². The molecule has 0 amide bonds. The first-order valence-electron chi connectivity index (χ1n) is 2.22. The maximum atomic E-state index is 9.79. The Morgan fingerprint density at radius 2 is 2.30 bits per heavy atom. The summed E-state index contributed by atoms with van der Waals surface area (Å²) in [6.45, 7) is 0. The summed E-state index contributed by atoms with van der Waals surface area (Å²) in [7, 11) is 0. The van der Waals surface area contributed by atoms with Crippen molar-refractivity contribution in [2.45, 2.75) is 11.9 Å². The Balaban J connectivity index is -0.000000320. The summed E-state index contributed by atoms with van der Waals surface area (Å²) in [5.41, 5.74) is -0.555. The van der Waals surface area contributed by atoms with Crippen LogP contribution in [0.25, 0.3) is 0 Å². The average Bonchev–Trinajstić information content (AvgIpc) is 1.63. The van der Waals surface area contributed by atoms with Crippen LogP contribution < -0.4 is 29.6 Å². The minimum absolute atomic E-state index is 0. The standard InChI is InChI=1S/C3H8O3S3.Na.H/c4-9(5)6-3(8)1-2-7;;/h3,7-8H,1-2H2,(H,4,5);;/q;+1;-1/p-1. The minimum Gasteiger partial charge on any atom is -1.00 e. The van der Waals surface area contributed by atoms with Crippen molar-refractivity contribution in [3.63, 3.8) is 0 Å². The molecule has 3 nitrogen and oxygen atoms in total. The molecule has 0 aliphatic heterocycles. The van der Waals surface area contributed by atoms with Crippen LogP contribution in [0.2, 0.25) is 0 Å². The summed E-state index contributed by atoms with van der Waals surface area (Å²) in [5.74, 6) is 0.561. The molecule has 0 spiro atoms. The quantitative estimate of drug-likeness (QED) is 0.234. The Labute approximate surface area is 97.4 Å². The molecular formula is C3H8NaO3S3-. The molecule has 0 aromatic rings. The van der Waals surface area contributed by atoms with Crippen molar-refractivity contribution in [2.24, 2.45) is 0 Å². The van der Waals surface area contributed by atoms with E-state index < -0.39 is 16.8 Å². The first-order chi connectivity index (χ1) is 4.16. The van der Waals surface area contributed by atoms with Crippen LogP contribution >= 0.6 is 25.3 Å². The third kappa shape index (κ3) is 9.77. The molecule has 0 heterocycles. The molecular weight excluding hydrogens is 203 g/mol. The van der Waals surface area contributed by atoms with Gasteiger partial charge in [0.25, 0.3) is 0 Å².